The monoisotopic (exact) mass is 399 g/mol. The van der Waals surface area contributed by atoms with Crippen LogP contribution in [-0.2, 0) is 17.8 Å². The van der Waals surface area contributed by atoms with Crippen LogP contribution in [0.25, 0.3) is 10.9 Å². The Labute approximate surface area is 153 Å². The zero-order valence-corrected chi connectivity index (χ0v) is 15.4. The van der Waals surface area contributed by atoms with Gasteiger partial charge in [-0.3, -0.25) is 14.2 Å². The molecule has 3 aromatic rings. The molecule has 1 aromatic heterocycles. The van der Waals surface area contributed by atoms with Crippen molar-refractivity contribution in [1.29, 1.82) is 0 Å². The van der Waals surface area contributed by atoms with Crippen LogP contribution in [0.3, 0.4) is 0 Å². The predicted molar refractivity (Wildman–Crippen MR) is 103 cm³/mol. The van der Waals surface area contributed by atoms with E-state index in [0.717, 1.165) is 23.0 Å². The van der Waals surface area contributed by atoms with Crippen molar-refractivity contribution in [2.24, 2.45) is 0 Å². The number of nitrogens with one attached hydrogen (secondary N) is 1. The van der Waals surface area contributed by atoms with E-state index in [1.807, 2.05) is 30.3 Å². The summed E-state index contributed by atoms with van der Waals surface area (Å²) in [6, 6.07) is 13.1. The minimum atomic E-state index is -0.263. The average Bonchev–Trinajstić information content (AvgIpc) is 2.60. The molecule has 0 saturated heterocycles. The lowest BCUT2D eigenvalue weighted by molar-refractivity contribution is -0.116. The molecule has 25 heavy (non-hydrogen) atoms. The second kappa shape index (κ2) is 7.61. The van der Waals surface area contributed by atoms with Gasteiger partial charge in [0.1, 0.15) is 6.54 Å². The number of carbonyl (C=O) groups excluding carboxylic acids is 1. The minimum Gasteiger partial charge on any atom is -0.325 e. The van der Waals surface area contributed by atoms with E-state index in [1.165, 1.54) is 16.5 Å². The molecule has 0 spiro atoms. The van der Waals surface area contributed by atoms with Gasteiger partial charge in [-0.25, -0.2) is 4.98 Å². The van der Waals surface area contributed by atoms with Gasteiger partial charge in [0.25, 0.3) is 5.56 Å². The number of aryl methyl sites for hydroxylation is 1. The Balaban J connectivity index is 1.75. The summed E-state index contributed by atoms with van der Waals surface area (Å²) < 4.78 is 2.11. The molecule has 6 heteroatoms. The molecule has 3 rings (SSSR count). The smallest absolute Gasteiger partial charge is 0.261 e. The quantitative estimate of drug-likeness (QED) is 0.710. The van der Waals surface area contributed by atoms with Crippen molar-refractivity contribution in [1.82, 2.24) is 9.55 Å². The third-order valence-electron chi connectivity index (χ3n) is 3.88. The van der Waals surface area contributed by atoms with Crippen molar-refractivity contribution in [2.75, 3.05) is 5.32 Å². The largest absolute Gasteiger partial charge is 0.325 e. The fourth-order valence-electron chi connectivity index (χ4n) is 2.64. The molecule has 0 aliphatic rings. The highest BCUT2D eigenvalue weighted by Gasteiger charge is 2.09. The lowest BCUT2D eigenvalue weighted by atomic mass is 10.1. The first kappa shape index (κ1) is 17.4. The van der Waals surface area contributed by atoms with Gasteiger partial charge < -0.3 is 5.32 Å². The standard InChI is InChI=1S/C19H18BrN3O2/c1-2-3-13-4-7-15(8-5-13)22-18(24)11-23-12-21-17-9-6-14(20)10-16(17)19(23)25/h4-10,12H,2-3,11H2,1H3,(H,22,24). The molecule has 2 aromatic carbocycles. The zero-order valence-electron chi connectivity index (χ0n) is 13.8. The van der Waals surface area contributed by atoms with E-state index in [9.17, 15) is 9.59 Å². The summed E-state index contributed by atoms with van der Waals surface area (Å²) in [5.74, 6) is -0.263. The number of amides is 1. The van der Waals surface area contributed by atoms with Crippen LogP contribution in [0.2, 0.25) is 0 Å². The third kappa shape index (κ3) is 4.14. The van der Waals surface area contributed by atoms with E-state index < -0.39 is 0 Å². The Hall–Kier alpha value is -2.47. The molecule has 0 fully saturated rings. The summed E-state index contributed by atoms with van der Waals surface area (Å²) in [6.45, 7) is 2.05. The summed E-state index contributed by atoms with van der Waals surface area (Å²) in [4.78, 5) is 29.0. The van der Waals surface area contributed by atoms with Crippen molar-refractivity contribution < 1.29 is 4.79 Å². The summed E-state index contributed by atoms with van der Waals surface area (Å²) >= 11 is 3.35. The van der Waals surface area contributed by atoms with Crippen molar-refractivity contribution in [3.05, 3.63) is 69.2 Å². The molecule has 5 nitrogen and oxygen atoms in total. The van der Waals surface area contributed by atoms with Gasteiger partial charge >= 0.3 is 0 Å². The van der Waals surface area contributed by atoms with E-state index in [-0.39, 0.29) is 18.0 Å². The second-order valence-corrected chi connectivity index (χ2v) is 6.75. The molecule has 1 amide bonds. The van der Waals surface area contributed by atoms with E-state index in [1.54, 1.807) is 12.1 Å². The van der Waals surface area contributed by atoms with E-state index in [0.29, 0.717) is 10.9 Å². The van der Waals surface area contributed by atoms with Crippen molar-refractivity contribution >= 4 is 38.4 Å². The highest BCUT2D eigenvalue weighted by Crippen LogP contribution is 2.15. The van der Waals surface area contributed by atoms with Gasteiger partial charge in [-0.2, -0.15) is 0 Å². The first-order chi connectivity index (χ1) is 12.1. The second-order valence-electron chi connectivity index (χ2n) is 5.83. The Kier molecular flexibility index (Phi) is 5.28. The number of rotatable bonds is 5. The number of aromatic nitrogens is 2. The fraction of sp³-hybridized carbons (Fsp3) is 0.211. The zero-order chi connectivity index (χ0) is 17.8. The molecule has 0 saturated carbocycles. The van der Waals surface area contributed by atoms with Crippen LogP contribution in [-0.4, -0.2) is 15.5 Å². The van der Waals surface area contributed by atoms with Crippen LogP contribution < -0.4 is 10.9 Å². The molecule has 0 unspecified atom stereocenters. The topological polar surface area (TPSA) is 64.0 Å². The molecule has 1 heterocycles. The molecule has 1 N–H and O–H groups in total. The van der Waals surface area contributed by atoms with E-state index >= 15 is 0 Å². The number of nitrogens with zero attached hydrogens (tertiary/aromatic N) is 2. The summed E-state index contributed by atoms with van der Waals surface area (Å²) in [5, 5.41) is 3.29. The molecule has 0 aliphatic carbocycles. The van der Waals surface area contributed by atoms with Crippen LogP contribution >= 0.6 is 15.9 Å². The Bertz CT molecular complexity index is 965. The Morgan fingerprint density at radius 1 is 1.20 bits per heavy atom. The maximum atomic E-state index is 12.5. The Morgan fingerprint density at radius 2 is 1.96 bits per heavy atom. The van der Waals surface area contributed by atoms with E-state index in [4.69, 9.17) is 0 Å². The third-order valence-corrected chi connectivity index (χ3v) is 4.37. The van der Waals surface area contributed by atoms with Gasteiger partial charge in [0.2, 0.25) is 5.91 Å². The van der Waals surface area contributed by atoms with Gasteiger partial charge in [0.05, 0.1) is 17.2 Å². The lowest BCUT2D eigenvalue weighted by Crippen LogP contribution is -2.27. The fourth-order valence-corrected chi connectivity index (χ4v) is 3.00. The van der Waals surface area contributed by atoms with Gasteiger partial charge in [-0.15, -0.1) is 0 Å². The highest BCUT2D eigenvalue weighted by molar-refractivity contribution is 9.10. The van der Waals surface area contributed by atoms with Crippen molar-refractivity contribution in [2.45, 2.75) is 26.3 Å². The molecule has 0 atom stereocenters. The first-order valence-electron chi connectivity index (χ1n) is 8.10. The molecule has 0 bridgehead atoms. The minimum absolute atomic E-state index is 0.0784. The number of hydrogen-bond acceptors (Lipinski definition) is 3. The number of benzene rings is 2. The van der Waals surface area contributed by atoms with Crippen LogP contribution in [0.4, 0.5) is 5.69 Å². The van der Waals surface area contributed by atoms with Crippen molar-refractivity contribution in [3.63, 3.8) is 0 Å². The highest BCUT2D eigenvalue weighted by atomic mass is 79.9. The van der Waals surface area contributed by atoms with Gasteiger partial charge in [-0.05, 0) is 42.3 Å². The van der Waals surface area contributed by atoms with Gasteiger partial charge in [0, 0.05) is 10.2 Å². The number of anilines is 1. The normalized spacial score (nSPS) is 10.8. The van der Waals surface area contributed by atoms with Gasteiger partial charge in [0.15, 0.2) is 0 Å². The predicted octanol–water partition coefficient (Wildman–Crippen LogP) is 3.75. The SMILES string of the molecule is CCCc1ccc(NC(=O)Cn2cnc3ccc(Br)cc3c2=O)cc1. The maximum absolute atomic E-state index is 12.5. The molecule has 0 aliphatic heterocycles. The van der Waals surface area contributed by atoms with Crippen LogP contribution in [0.15, 0.2) is 58.1 Å². The van der Waals surface area contributed by atoms with Crippen LogP contribution in [0.5, 0.6) is 0 Å². The van der Waals surface area contributed by atoms with Crippen LogP contribution in [0.1, 0.15) is 18.9 Å². The summed E-state index contributed by atoms with van der Waals surface area (Å²) in [5.41, 5.74) is 2.33. The number of halogens is 1. The molecular formula is C19H18BrN3O2. The summed E-state index contributed by atoms with van der Waals surface area (Å²) in [6.07, 6.45) is 3.50. The number of hydrogen-bond donors (Lipinski definition) is 1. The van der Waals surface area contributed by atoms with Crippen LogP contribution in [0, 0.1) is 0 Å². The number of fused-ring (bicyclic) bond motifs is 1. The Morgan fingerprint density at radius 3 is 2.68 bits per heavy atom. The molecule has 128 valence electrons. The number of carbonyl (C=O) groups is 1. The summed E-state index contributed by atoms with van der Waals surface area (Å²) in [7, 11) is 0. The lowest BCUT2D eigenvalue weighted by Gasteiger charge is -2.09. The molecular weight excluding hydrogens is 382 g/mol. The first-order valence-corrected chi connectivity index (χ1v) is 8.89. The van der Waals surface area contributed by atoms with Crippen molar-refractivity contribution in [3.8, 4) is 0 Å². The van der Waals surface area contributed by atoms with Gasteiger partial charge in [-0.1, -0.05) is 41.4 Å². The molecule has 0 radical (unpaired) electrons. The van der Waals surface area contributed by atoms with E-state index in [2.05, 4.69) is 33.2 Å². The maximum Gasteiger partial charge on any atom is 0.261 e. The average molecular weight is 400 g/mol.